The molecule has 0 saturated carbocycles. The van der Waals surface area contributed by atoms with Gasteiger partial charge < -0.3 is 0 Å². The van der Waals surface area contributed by atoms with E-state index in [0.717, 1.165) is 21.7 Å². The number of nitrogens with zero attached hydrogens (tertiary/aromatic N) is 3. The van der Waals surface area contributed by atoms with Crippen LogP contribution in [0.4, 0.5) is 0 Å². The third kappa shape index (κ3) is 4.48. The lowest BCUT2D eigenvalue weighted by molar-refractivity contribution is 0.768. The van der Waals surface area contributed by atoms with Crippen molar-refractivity contribution in [3.8, 4) is 22.5 Å². The Bertz CT molecular complexity index is 3380. The van der Waals surface area contributed by atoms with Crippen LogP contribution in [0.3, 0.4) is 0 Å². The van der Waals surface area contributed by atoms with Crippen LogP contribution < -0.4 is 0 Å². The SMILES string of the molecule is c1ccc(C2(c3ccc(-c4nc5nc(n4)c4cccc6sc7ccc(cc7c64)c4ccccc4c4cccc5c4)cc3)c3ccccc3-c3ccccc32)cc1. The topological polar surface area (TPSA) is 38.7 Å². The van der Waals surface area contributed by atoms with Crippen LogP contribution in [0.2, 0.25) is 0 Å². The van der Waals surface area contributed by atoms with Crippen LogP contribution in [0.15, 0.2) is 188 Å². The minimum absolute atomic E-state index is 0.472. The summed E-state index contributed by atoms with van der Waals surface area (Å²) in [6.07, 6.45) is 0. The van der Waals surface area contributed by atoms with Gasteiger partial charge in [-0.1, -0.05) is 164 Å². The lowest BCUT2D eigenvalue weighted by Crippen LogP contribution is -2.28. The summed E-state index contributed by atoms with van der Waals surface area (Å²) in [5.74, 6) is 0.649. The van der Waals surface area contributed by atoms with Crippen LogP contribution in [0.25, 0.3) is 86.3 Å². The van der Waals surface area contributed by atoms with Crippen LogP contribution >= 0.6 is 11.3 Å². The predicted molar refractivity (Wildman–Crippen MR) is 234 cm³/mol. The molecule has 0 amide bonds. The van der Waals surface area contributed by atoms with E-state index < -0.39 is 5.41 Å². The molecule has 11 aromatic rings. The summed E-state index contributed by atoms with van der Waals surface area (Å²) < 4.78 is 2.46. The molecule has 3 heterocycles. The normalized spacial score (nSPS) is 13.1. The first-order valence-corrected chi connectivity index (χ1v) is 19.8. The molecule has 0 N–H and O–H groups in total. The van der Waals surface area contributed by atoms with E-state index >= 15 is 0 Å². The molecule has 0 aliphatic heterocycles. The van der Waals surface area contributed by atoms with Gasteiger partial charge in [0, 0.05) is 36.5 Å². The molecule has 56 heavy (non-hydrogen) atoms. The molecule has 260 valence electrons. The second-order valence-electron chi connectivity index (χ2n) is 14.7. The molecule has 4 heteroatoms. The van der Waals surface area contributed by atoms with Gasteiger partial charge in [-0.25, -0.2) is 15.0 Å². The van der Waals surface area contributed by atoms with Gasteiger partial charge in [0.15, 0.2) is 17.1 Å². The average Bonchev–Trinajstić information content (AvgIpc) is 3.80. The van der Waals surface area contributed by atoms with Crippen LogP contribution in [0.5, 0.6) is 0 Å². The van der Waals surface area contributed by atoms with Crippen molar-refractivity contribution in [3.05, 3.63) is 210 Å². The van der Waals surface area contributed by atoms with Crippen molar-refractivity contribution in [2.24, 2.45) is 0 Å². The van der Waals surface area contributed by atoms with E-state index in [2.05, 4.69) is 188 Å². The van der Waals surface area contributed by atoms with Crippen LogP contribution in [-0.2, 0) is 5.41 Å². The molecule has 3 aromatic heterocycles. The largest absolute Gasteiger partial charge is 0.208 e. The van der Waals surface area contributed by atoms with Gasteiger partial charge in [-0.2, -0.15) is 0 Å². The number of thiophene rings is 1. The average molecular weight is 730 g/mol. The zero-order valence-electron chi connectivity index (χ0n) is 30.1. The van der Waals surface area contributed by atoms with Crippen LogP contribution in [0, 0.1) is 0 Å². The maximum atomic E-state index is 5.29. The summed E-state index contributed by atoms with van der Waals surface area (Å²) in [4.78, 5) is 15.8. The molecule has 1 aliphatic rings. The van der Waals surface area contributed by atoms with Gasteiger partial charge in [0.2, 0.25) is 0 Å². The number of benzene rings is 8. The van der Waals surface area contributed by atoms with E-state index in [9.17, 15) is 0 Å². The van der Waals surface area contributed by atoms with E-state index in [4.69, 9.17) is 15.0 Å². The standard InChI is InChI=1S/C52H31N3S/c1-2-14-36(15-3-1)52(44-21-8-6-18-40(44)41-19-7-9-22-45(41)52)37-27-24-32(25-28-37)49-53-50-35-13-10-12-33(30-35)38-16-4-5-17-39(38)34-26-29-46-43(31-34)48-42(51(54-49)55-50)20-11-23-47(48)56-46/h1-31H. The van der Waals surface area contributed by atoms with Gasteiger partial charge in [-0.05, 0) is 79.2 Å². The van der Waals surface area contributed by atoms with Crippen molar-refractivity contribution in [1.82, 2.24) is 15.0 Å². The third-order valence-electron chi connectivity index (χ3n) is 11.8. The van der Waals surface area contributed by atoms with Gasteiger partial charge in [0.1, 0.15) is 0 Å². The molecule has 0 spiro atoms. The first-order chi connectivity index (χ1) is 27.7. The van der Waals surface area contributed by atoms with Crippen LogP contribution in [-0.4, -0.2) is 15.0 Å². The molecular formula is C52H31N3S. The van der Waals surface area contributed by atoms with Crippen molar-refractivity contribution in [3.63, 3.8) is 0 Å². The van der Waals surface area contributed by atoms with Crippen molar-refractivity contribution in [2.75, 3.05) is 0 Å². The minimum Gasteiger partial charge on any atom is -0.208 e. The number of fused-ring (bicyclic) bond motifs is 13. The highest BCUT2D eigenvalue weighted by molar-refractivity contribution is 7.26. The number of rotatable bonds is 3. The second kappa shape index (κ2) is 12.0. The minimum atomic E-state index is -0.472. The maximum absolute atomic E-state index is 5.29. The number of aromatic nitrogens is 3. The fraction of sp³-hybridized carbons (Fsp3) is 0.0192. The van der Waals surface area contributed by atoms with Crippen molar-refractivity contribution >= 4 is 75.1 Å². The zero-order chi connectivity index (χ0) is 36.8. The Kier molecular flexibility index (Phi) is 6.72. The molecule has 0 atom stereocenters. The summed E-state index contributed by atoms with van der Waals surface area (Å²) in [6.45, 7) is 0. The maximum Gasteiger partial charge on any atom is 0.164 e. The third-order valence-corrected chi connectivity index (χ3v) is 12.9. The molecule has 0 fully saturated rings. The Morgan fingerprint density at radius 1 is 0.375 bits per heavy atom. The molecular weight excluding hydrogens is 699 g/mol. The molecule has 12 rings (SSSR count). The molecule has 0 saturated heterocycles. The monoisotopic (exact) mass is 729 g/mol. The Balaban J connectivity index is 1.15. The Labute approximate surface area is 326 Å². The zero-order valence-corrected chi connectivity index (χ0v) is 31.0. The molecule has 0 radical (unpaired) electrons. The smallest absolute Gasteiger partial charge is 0.164 e. The summed E-state index contributed by atoms with van der Waals surface area (Å²) >= 11 is 1.82. The quantitative estimate of drug-likeness (QED) is 0.182. The van der Waals surface area contributed by atoms with Crippen molar-refractivity contribution in [1.29, 1.82) is 0 Å². The van der Waals surface area contributed by atoms with E-state index in [0.29, 0.717) is 17.1 Å². The summed E-state index contributed by atoms with van der Waals surface area (Å²) in [5.41, 5.74) is 9.39. The Morgan fingerprint density at radius 2 is 0.982 bits per heavy atom. The van der Waals surface area contributed by atoms with E-state index in [1.807, 2.05) is 11.3 Å². The Hall–Kier alpha value is -7.01. The lowest BCUT2D eigenvalue weighted by Gasteiger charge is -2.34. The lowest BCUT2D eigenvalue weighted by atomic mass is 9.67. The second-order valence-corrected chi connectivity index (χ2v) is 15.8. The fourth-order valence-electron chi connectivity index (χ4n) is 9.33. The number of hydrogen-bond acceptors (Lipinski definition) is 4. The molecule has 8 aromatic carbocycles. The van der Waals surface area contributed by atoms with Crippen molar-refractivity contribution in [2.45, 2.75) is 5.41 Å². The predicted octanol–water partition coefficient (Wildman–Crippen LogP) is 13.4. The van der Waals surface area contributed by atoms with Crippen molar-refractivity contribution < 1.29 is 0 Å². The van der Waals surface area contributed by atoms with E-state index in [1.165, 1.54) is 69.7 Å². The highest BCUT2D eigenvalue weighted by Gasteiger charge is 2.45. The molecule has 1 aliphatic carbocycles. The number of hydrogen-bond donors (Lipinski definition) is 0. The molecule has 3 nitrogen and oxygen atoms in total. The Morgan fingerprint density at radius 3 is 1.75 bits per heavy atom. The van der Waals surface area contributed by atoms with Gasteiger partial charge >= 0.3 is 0 Å². The first-order valence-electron chi connectivity index (χ1n) is 19.0. The van der Waals surface area contributed by atoms with E-state index in [1.54, 1.807) is 0 Å². The molecule has 0 unspecified atom stereocenters. The van der Waals surface area contributed by atoms with Crippen LogP contribution in [0.1, 0.15) is 22.3 Å². The summed E-state index contributed by atoms with van der Waals surface area (Å²) in [5, 5.41) is 9.07. The van der Waals surface area contributed by atoms with E-state index in [-0.39, 0.29) is 0 Å². The molecule has 6 bridgehead atoms. The fourth-order valence-corrected chi connectivity index (χ4v) is 10.4. The highest BCUT2D eigenvalue weighted by Crippen LogP contribution is 2.56. The summed E-state index contributed by atoms with van der Waals surface area (Å²) in [6, 6.07) is 68.3. The van der Waals surface area contributed by atoms with Gasteiger partial charge in [0.05, 0.1) is 5.41 Å². The van der Waals surface area contributed by atoms with Gasteiger partial charge in [-0.3, -0.25) is 0 Å². The van der Waals surface area contributed by atoms with Gasteiger partial charge in [-0.15, -0.1) is 11.3 Å². The summed E-state index contributed by atoms with van der Waals surface area (Å²) in [7, 11) is 0. The first kappa shape index (κ1) is 31.4. The highest BCUT2D eigenvalue weighted by atomic mass is 32.1. The van der Waals surface area contributed by atoms with Gasteiger partial charge in [0.25, 0.3) is 0 Å².